The van der Waals surface area contributed by atoms with Crippen LogP contribution in [0.4, 0.5) is 14.5 Å². The Bertz CT molecular complexity index is 1860. The van der Waals surface area contributed by atoms with Crippen molar-refractivity contribution in [1.29, 1.82) is 0 Å². The maximum Gasteiger partial charge on any atom is 0.326 e. The summed E-state index contributed by atoms with van der Waals surface area (Å²) in [7, 11) is 0. The molecule has 1 fully saturated rings. The smallest absolute Gasteiger partial charge is 0.326 e. The van der Waals surface area contributed by atoms with Gasteiger partial charge in [-0.05, 0) is 90.4 Å². The lowest BCUT2D eigenvalue weighted by molar-refractivity contribution is -0.142. The van der Waals surface area contributed by atoms with E-state index in [1.807, 2.05) is 19.9 Å². The molecule has 0 bridgehead atoms. The summed E-state index contributed by atoms with van der Waals surface area (Å²) in [5.74, 6) is -3.54. The molecule has 4 N–H and O–H groups in total. The number of aliphatic hydroxyl groups is 1. The number of rotatable bonds is 17. The van der Waals surface area contributed by atoms with Gasteiger partial charge in [0.25, 0.3) is 5.91 Å². The number of amides is 3. The first-order valence-corrected chi connectivity index (χ1v) is 17.5. The van der Waals surface area contributed by atoms with Gasteiger partial charge in [-0.1, -0.05) is 68.4 Å². The summed E-state index contributed by atoms with van der Waals surface area (Å²) < 4.78 is 32.8. The minimum Gasteiger partial charge on any atom is -0.484 e. The van der Waals surface area contributed by atoms with E-state index in [0.29, 0.717) is 23.4 Å². The van der Waals surface area contributed by atoms with Crippen LogP contribution in [0.15, 0.2) is 103 Å². The third-order valence-corrected chi connectivity index (χ3v) is 9.17. The van der Waals surface area contributed by atoms with Crippen molar-refractivity contribution >= 4 is 29.4 Å². The van der Waals surface area contributed by atoms with Crippen LogP contribution < -0.4 is 20.3 Å². The summed E-state index contributed by atoms with van der Waals surface area (Å²) >= 11 is 0. The van der Waals surface area contributed by atoms with Gasteiger partial charge in [0.05, 0.1) is 18.1 Å². The zero-order chi connectivity index (χ0) is 38.1. The normalized spacial score (nSPS) is 17.0. The molecule has 0 aliphatic carbocycles. The molecule has 5 rings (SSSR count). The van der Waals surface area contributed by atoms with E-state index in [9.17, 15) is 38.2 Å². The van der Waals surface area contributed by atoms with Gasteiger partial charge < -0.3 is 30.5 Å². The number of carboxylic acid groups (broad SMARTS) is 1. The van der Waals surface area contributed by atoms with Crippen molar-refractivity contribution in [2.45, 2.75) is 63.8 Å². The summed E-state index contributed by atoms with van der Waals surface area (Å²) in [6, 6.07) is 24.3. The van der Waals surface area contributed by atoms with Crippen LogP contribution in [-0.2, 0) is 25.6 Å². The molecule has 4 aromatic carbocycles. The van der Waals surface area contributed by atoms with Gasteiger partial charge in [0.1, 0.15) is 29.5 Å². The predicted octanol–water partition coefficient (Wildman–Crippen LogP) is 5.90. The van der Waals surface area contributed by atoms with Gasteiger partial charge in [-0.2, -0.15) is 0 Å². The maximum atomic E-state index is 13.7. The summed E-state index contributed by atoms with van der Waals surface area (Å²) in [5, 5.41) is 25.7. The molecule has 0 saturated carbocycles. The molecule has 278 valence electrons. The first-order chi connectivity index (χ1) is 25.4. The minimum absolute atomic E-state index is 0.0137. The molecule has 10 nitrogen and oxygen atoms in total. The number of hydrogen-bond donors (Lipinski definition) is 4. The molecule has 0 spiro atoms. The standard InChI is InChI=1S/C41H43F2N3O7/c1-25(2)22-34(39(49)45-35(41(51)52)23-26-6-4-3-5-7-26)44-37(48)24-53-32-18-10-28(11-19-32)38-33(20-21-36(47)27-8-12-29(42)13-9-27)40(50)46(38)31-16-14-30(43)15-17-31/h3-19,25,33-36,38,47H,20-24H2,1-2H3,(H,44,48)(H,45,49)(H,51,52)/t33-,34-,35-,36?,38-/m1/s1. The lowest BCUT2D eigenvalue weighted by Crippen LogP contribution is -2.55. The molecule has 1 heterocycles. The van der Waals surface area contributed by atoms with E-state index in [4.69, 9.17) is 4.74 Å². The van der Waals surface area contributed by atoms with Crippen molar-refractivity contribution in [3.05, 3.63) is 131 Å². The van der Waals surface area contributed by atoms with Crippen molar-refractivity contribution < 1.29 is 42.9 Å². The zero-order valence-corrected chi connectivity index (χ0v) is 29.5. The molecule has 1 unspecified atom stereocenters. The number of aliphatic carboxylic acids is 1. The number of halogens is 2. The lowest BCUT2D eigenvalue weighted by Gasteiger charge is -2.48. The lowest BCUT2D eigenvalue weighted by atomic mass is 9.78. The monoisotopic (exact) mass is 727 g/mol. The molecule has 0 aromatic heterocycles. The Morgan fingerprint density at radius 1 is 0.830 bits per heavy atom. The van der Waals surface area contributed by atoms with Gasteiger partial charge >= 0.3 is 5.97 Å². The molecule has 1 aliphatic rings. The number of aliphatic hydroxyl groups excluding tert-OH is 1. The number of hydrogen-bond acceptors (Lipinski definition) is 6. The predicted molar refractivity (Wildman–Crippen MR) is 194 cm³/mol. The van der Waals surface area contributed by atoms with Crippen LogP contribution in [-0.4, -0.2) is 52.6 Å². The largest absolute Gasteiger partial charge is 0.484 e. The molecule has 12 heteroatoms. The van der Waals surface area contributed by atoms with Crippen molar-refractivity contribution in [2.75, 3.05) is 11.5 Å². The molecule has 1 saturated heterocycles. The number of nitrogens with zero attached hydrogens (tertiary/aromatic N) is 1. The average Bonchev–Trinajstić information content (AvgIpc) is 3.14. The second-order valence-corrected chi connectivity index (χ2v) is 13.6. The highest BCUT2D eigenvalue weighted by Crippen LogP contribution is 2.46. The summed E-state index contributed by atoms with van der Waals surface area (Å²) in [6.45, 7) is 3.35. The van der Waals surface area contributed by atoms with E-state index in [2.05, 4.69) is 10.6 Å². The highest BCUT2D eigenvalue weighted by molar-refractivity contribution is 6.03. The van der Waals surface area contributed by atoms with Gasteiger partial charge in [0.15, 0.2) is 6.61 Å². The van der Waals surface area contributed by atoms with Crippen LogP contribution >= 0.6 is 0 Å². The Labute approximate surface area is 306 Å². The van der Waals surface area contributed by atoms with E-state index in [1.165, 1.54) is 48.5 Å². The molecule has 53 heavy (non-hydrogen) atoms. The fourth-order valence-electron chi connectivity index (χ4n) is 6.46. The first kappa shape index (κ1) is 38.6. The molecular weight excluding hydrogens is 684 g/mol. The van der Waals surface area contributed by atoms with E-state index in [0.717, 1.165) is 11.1 Å². The van der Waals surface area contributed by atoms with Gasteiger partial charge in [0.2, 0.25) is 11.8 Å². The average molecular weight is 728 g/mol. The number of ether oxygens (including phenoxy) is 1. The Balaban J connectivity index is 1.22. The van der Waals surface area contributed by atoms with Gasteiger partial charge in [-0.25, -0.2) is 13.6 Å². The van der Waals surface area contributed by atoms with Gasteiger partial charge in [-0.15, -0.1) is 0 Å². The Morgan fingerprint density at radius 2 is 1.45 bits per heavy atom. The van der Waals surface area contributed by atoms with Crippen molar-refractivity contribution in [3.63, 3.8) is 0 Å². The Hall–Kier alpha value is -5.62. The molecule has 0 radical (unpaired) electrons. The second-order valence-electron chi connectivity index (χ2n) is 13.6. The zero-order valence-electron chi connectivity index (χ0n) is 29.5. The SMILES string of the molecule is CC(C)C[C@@H](NC(=O)COc1ccc([C@@H]2[C@@H](CCC(O)c3ccc(F)cc3)C(=O)N2c2ccc(F)cc2)cc1)C(=O)N[C@H](Cc1ccccc1)C(=O)O. The second kappa shape index (κ2) is 17.7. The minimum atomic E-state index is -1.19. The number of carbonyl (C=O) groups excluding carboxylic acids is 3. The highest BCUT2D eigenvalue weighted by Gasteiger charge is 2.48. The number of benzene rings is 4. The molecule has 3 amide bonds. The van der Waals surface area contributed by atoms with Crippen LogP contribution in [0.5, 0.6) is 5.75 Å². The number of anilines is 1. The van der Waals surface area contributed by atoms with Crippen LogP contribution in [0.1, 0.15) is 61.9 Å². The number of β-lactam (4-membered cyclic amide) rings is 1. The van der Waals surface area contributed by atoms with Crippen molar-refractivity contribution in [2.24, 2.45) is 11.8 Å². The van der Waals surface area contributed by atoms with Crippen LogP contribution in [0.25, 0.3) is 0 Å². The van der Waals surface area contributed by atoms with E-state index in [-0.39, 0.29) is 31.1 Å². The number of carbonyl (C=O) groups is 4. The van der Waals surface area contributed by atoms with Crippen molar-refractivity contribution in [1.82, 2.24) is 10.6 Å². The third-order valence-electron chi connectivity index (χ3n) is 9.17. The molecule has 5 atom stereocenters. The number of carboxylic acids is 1. The first-order valence-electron chi connectivity index (χ1n) is 17.5. The summed E-state index contributed by atoms with van der Waals surface area (Å²) in [6.07, 6.45) is 0.0503. The Morgan fingerprint density at radius 3 is 2.06 bits per heavy atom. The molecule has 4 aromatic rings. The van der Waals surface area contributed by atoms with Crippen LogP contribution in [0.3, 0.4) is 0 Å². The van der Waals surface area contributed by atoms with Gasteiger partial charge in [-0.3, -0.25) is 14.4 Å². The Kier molecular flexibility index (Phi) is 12.9. The van der Waals surface area contributed by atoms with Gasteiger partial charge in [0, 0.05) is 12.1 Å². The molecule has 1 aliphatic heterocycles. The summed E-state index contributed by atoms with van der Waals surface area (Å²) in [5.41, 5.74) is 2.55. The maximum absolute atomic E-state index is 13.7. The fourth-order valence-corrected chi connectivity index (χ4v) is 6.46. The highest BCUT2D eigenvalue weighted by atomic mass is 19.1. The number of nitrogens with one attached hydrogen (secondary N) is 2. The molecular formula is C41H43F2N3O7. The third kappa shape index (κ3) is 10.3. The topological polar surface area (TPSA) is 145 Å². The summed E-state index contributed by atoms with van der Waals surface area (Å²) in [4.78, 5) is 53.1. The van der Waals surface area contributed by atoms with Crippen LogP contribution in [0.2, 0.25) is 0 Å². The van der Waals surface area contributed by atoms with Crippen LogP contribution in [0, 0.1) is 23.5 Å². The van der Waals surface area contributed by atoms with E-state index in [1.54, 1.807) is 53.4 Å². The quantitative estimate of drug-likeness (QED) is 0.0991. The van der Waals surface area contributed by atoms with Crippen molar-refractivity contribution in [3.8, 4) is 5.75 Å². The van der Waals surface area contributed by atoms with E-state index < -0.39 is 66.2 Å². The fraction of sp³-hybridized carbons (Fsp3) is 0.317. The van der Waals surface area contributed by atoms with E-state index >= 15 is 0 Å².